The monoisotopic (exact) mass is 312 g/mol. The van der Waals surface area contributed by atoms with Crippen LogP contribution in [0.1, 0.15) is 61.6 Å². The molecule has 1 heterocycles. The van der Waals surface area contributed by atoms with Crippen molar-refractivity contribution in [3.05, 3.63) is 35.0 Å². The van der Waals surface area contributed by atoms with E-state index in [1.54, 1.807) is 0 Å². The predicted octanol–water partition coefficient (Wildman–Crippen LogP) is 4.44. The van der Waals surface area contributed by atoms with Crippen molar-refractivity contribution in [1.82, 2.24) is 4.98 Å². The van der Waals surface area contributed by atoms with Crippen molar-refractivity contribution in [2.45, 2.75) is 52.9 Å². The molecule has 0 radical (unpaired) electrons. The molecule has 0 saturated carbocycles. The van der Waals surface area contributed by atoms with E-state index in [9.17, 15) is 4.79 Å². The summed E-state index contributed by atoms with van der Waals surface area (Å²) in [4.78, 5) is 15.0. The molecule has 2 aromatic rings. The van der Waals surface area contributed by atoms with E-state index in [1.165, 1.54) is 35.9 Å². The zero-order valence-electron chi connectivity index (χ0n) is 14.5. The van der Waals surface area contributed by atoms with Crippen molar-refractivity contribution in [3.63, 3.8) is 0 Å². The number of amides is 1. The number of fused-ring (bicyclic) bond motifs is 3. The van der Waals surface area contributed by atoms with E-state index in [0.29, 0.717) is 5.56 Å². The van der Waals surface area contributed by atoms with Crippen molar-refractivity contribution in [2.24, 2.45) is 23.5 Å². The lowest BCUT2D eigenvalue weighted by molar-refractivity contribution is 0.100. The Morgan fingerprint density at radius 2 is 2.13 bits per heavy atom. The zero-order chi connectivity index (χ0) is 16.6. The van der Waals surface area contributed by atoms with Crippen LogP contribution in [0.2, 0.25) is 0 Å². The second kappa shape index (κ2) is 6.38. The van der Waals surface area contributed by atoms with Gasteiger partial charge >= 0.3 is 0 Å². The quantitative estimate of drug-likeness (QED) is 0.842. The van der Waals surface area contributed by atoms with Crippen LogP contribution in [0.4, 0.5) is 0 Å². The van der Waals surface area contributed by atoms with Crippen LogP contribution in [0.25, 0.3) is 10.9 Å². The van der Waals surface area contributed by atoms with Gasteiger partial charge in [0.1, 0.15) is 0 Å². The average molecular weight is 312 g/mol. The molecule has 3 N–H and O–H groups in total. The number of H-pyrrole nitrogens is 1. The Kier molecular flexibility index (Phi) is 4.47. The number of aromatic nitrogens is 1. The Labute approximate surface area is 138 Å². The van der Waals surface area contributed by atoms with Crippen molar-refractivity contribution >= 4 is 16.8 Å². The molecular weight excluding hydrogens is 284 g/mol. The van der Waals surface area contributed by atoms with Gasteiger partial charge in [0, 0.05) is 22.2 Å². The number of carbonyl (C=O) groups is 1. The number of hydrogen-bond acceptors (Lipinski definition) is 1. The molecule has 0 saturated heterocycles. The van der Waals surface area contributed by atoms with Gasteiger partial charge in [-0.1, -0.05) is 27.2 Å². The number of nitrogens with one attached hydrogen (secondary N) is 1. The summed E-state index contributed by atoms with van der Waals surface area (Å²) in [6, 6.07) is 5.77. The predicted molar refractivity (Wildman–Crippen MR) is 95.6 cm³/mol. The molecule has 124 valence electrons. The molecule has 23 heavy (non-hydrogen) atoms. The summed E-state index contributed by atoms with van der Waals surface area (Å²) >= 11 is 0. The number of rotatable bonds is 5. The molecule has 1 aliphatic carbocycles. The Morgan fingerprint density at radius 3 is 2.83 bits per heavy atom. The fraction of sp³-hybridized carbons (Fsp3) is 0.550. The standard InChI is InChI=1S/C20H28N2O/c1-4-12(2)13(3)9-14-5-7-18-16(10-14)17-11-15(20(21)23)6-8-19(17)22-18/h6,8,11-14,22H,4-5,7,9-10H2,1-3H3,(H2,21,23). The lowest BCUT2D eigenvalue weighted by Crippen LogP contribution is -2.19. The van der Waals surface area contributed by atoms with Gasteiger partial charge < -0.3 is 10.7 Å². The minimum Gasteiger partial charge on any atom is -0.366 e. The molecule has 1 amide bonds. The molecular formula is C20H28N2O. The fourth-order valence-corrected chi connectivity index (χ4v) is 4.00. The van der Waals surface area contributed by atoms with E-state index in [1.807, 2.05) is 18.2 Å². The van der Waals surface area contributed by atoms with Gasteiger partial charge in [-0.2, -0.15) is 0 Å². The highest BCUT2D eigenvalue weighted by Gasteiger charge is 2.25. The number of benzene rings is 1. The van der Waals surface area contributed by atoms with Crippen LogP contribution in [-0.4, -0.2) is 10.9 Å². The summed E-state index contributed by atoms with van der Waals surface area (Å²) in [6.45, 7) is 7.04. The van der Waals surface area contributed by atoms with Gasteiger partial charge in [-0.05, 0) is 67.2 Å². The Morgan fingerprint density at radius 1 is 1.35 bits per heavy atom. The smallest absolute Gasteiger partial charge is 0.248 e. The summed E-state index contributed by atoms with van der Waals surface area (Å²) in [5.74, 6) is 1.97. The Bertz CT molecular complexity index is 716. The molecule has 3 atom stereocenters. The van der Waals surface area contributed by atoms with Crippen molar-refractivity contribution in [1.29, 1.82) is 0 Å². The lowest BCUT2D eigenvalue weighted by atomic mass is 9.78. The SMILES string of the molecule is CCC(C)C(C)CC1CCc2[nH]c3ccc(C(N)=O)cc3c2C1. The van der Waals surface area contributed by atoms with E-state index < -0.39 is 0 Å². The first-order valence-electron chi connectivity index (χ1n) is 8.92. The van der Waals surface area contributed by atoms with Crippen LogP contribution in [0, 0.1) is 17.8 Å². The number of primary amides is 1. The first-order chi connectivity index (χ1) is 11.0. The van der Waals surface area contributed by atoms with Crippen LogP contribution < -0.4 is 5.73 Å². The molecule has 3 nitrogen and oxygen atoms in total. The molecule has 3 unspecified atom stereocenters. The minimum absolute atomic E-state index is 0.348. The van der Waals surface area contributed by atoms with Crippen LogP contribution in [0.3, 0.4) is 0 Å². The van der Waals surface area contributed by atoms with Crippen molar-refractivity contribution < 1.29 is 4.79 Å². The van der Waals surface area contributed by atoms with Crippen LogP contribution in [-0.2, 0) is 12.8 Å². The zero-order valence-corrected chi connectivity index (χ0v) is 14.5. The largest absolute Gasteiger partial charge is 0.366 e. The second-order valence-electron chi connectivity index (χ2n) is 7.41. The first-order valence-corrected chi connectivity index (χ1v) is 8.92. The van der Waals surface area contributed by atoms with E-state index in [2.05, 4.69) is 25.8 Å². The lowest BCUT2D eigenvalue weighted by Gasteiger charge is -2.27. The van der Waals surface area contributed by atoms with E-state index in [4.69, 9.17) is 5.73 Å². The Hall–Kier alpha value is -1.77. The summed E-state index contributed by atoms with van der Waals surface area (Å²) in [7, 11) is 0. The highest BCUT2D eigenvalue weighted by molar-refractivity contribution is 5.98. The van der Waals surface area contributed by atoms with Crippen molar-refractivity contribution in [2.75, 3.05) is 0 Å². The van der Waals surface area contributed by atoms with Gasteiger partial charge in [-0.3, -0.25) is 4.79 Å². The molecule has 0 fully saturated rings. The van der Waals surface area contributed by atoms with Crippen LogP contribution in [0.5, 0.6) is 0 Å². The maximum absolute atomic E-state index is 11.5. The number of nitrogens with two attached hydrogens (primary N) is 1. The number of carbonyl (C=O) groups excluding carboxylic acids is 1. The summed E-state index contributed by atoms with van der Waals surface area (Å²) in [5, 5.41) is 1.19. The summed E-state index contributed by atoms with van der Waals surface area (Å²) in [5.41, 5.74) is 9.95. The third kappa shape index (κ3) is 3.15. The van der Waals surface area contributed by atoms with E-state index in [0.717, 1.165) is 36.1 Å². The van der Waals surface area contributed by atoms with Gasteiger partial charge in [-0.25, -0.2) is 0 Å². The highest BCUT2D eigenvalue weighted by atomic mass is 16.1. The van der Waals surface area contributed by atoms with Gasteiger partial charge in [0.25, 0.3) is 0 Å². The minimum atomic E-state index is -0.348. The maximum atomic E-state index is 11.5. The molecule has 0 spiro atoms. The fourth-order valence-electron chi connectivity index (χ4n) is 4.00. The molecule has 3 heteroatoms. The molecule has 1 aromatic heterocycles. The topological polar surface area (TPSA) is 58.9 Å². The highest BCUT2D eigenvalue weighted by Crippen LogP contribution is 2.36. The molecule has 1 aliphatic rings. The normalized spacial score (nSPS) is 20.2. The van der Waals surface area contributed by atoms with Crippen LogP contribution in [0.15, 0.2) is 18.2 Å². The molecule has 0 aliphatic heterocycles. The first kappa shape index (κ1) is 16.1. The van der Waals surface area contributed by atoms with Gasteiger partial charge in [-0.15, -0.1) is 0 Å². The van der Waals surface area contributed by atoms with Crippen molar-refractivity contribution in [3.8, 4) is 0 Å². The van der Waals surface area contributed by atoms with Gasteiger partial charge in [0.05, 0.1) is 0 Å². The van der Waals surface area contributed by atoms with E-state index >= 15 is 0 Å². The van der Waals surface area contributed by atoms with Crippen LogP contribution >= 0.6 is 0 Å². The maximum Gasteiger partial charge on any atom is 0.248 e. The Balaban J connectivity index is 1.85. The average Bonchev–Trinajstić information content (AvgIpc) is 2.91. The second-order valence-corrected chi connectivity index (χ2v) is 7.41. The number of aryl methyl sites for hydroxylation is 1. The third-order valence-corrected chi connectivity index (χ3v) is 5.89. The van der Waals surface area contributed by atoms with Gasteiger partial charge in [0.2, 0.25) is 5.91 Å². The summed E-state index contributed by atoms with van der Waals surface area (Å²) in [6.07, 6.45) is 6.07. The molecule has 1 aromatic carbocycles. The van der Waals surface area contributed by atoms with Gasteiger partial charge in [0.15, 0.2) is 0 Å². The number of aromatic amines is 1. The number of hydrogen-bond donors (Lipinski definition) is 2. The van der Waals surface area contributed by atoms with E-state index in [-0.39, 0.29) is 5.91 Å². The third-order valence-electron chi connectivity index (χ3n) is 5.89. The molecule has 3 rings (SSSR count). The summed E-state index contributed by atoms with van der Waals surface area (Å²) < 4.78 is 0. The molecule has 0 bridgehead atoms.